The molecule has 78 valence electrons. The number of nitrogens with zero attached hydrogens (tertiary/aromatic N) is 1. The molecule has 1 rings (SSSR count). The summed E-state index contributed by atoms with van der Waals surface area (Å²) in [6.45, 7) is 4.06. The highest BCUT2D eigenvalue weighted by Crippen LogP contribution is 1.86. The van der Waals surface area contributed by atoms with Crippen LogP contribution in [-0.4, -0.2) is 17.6 Å². The molecule has 0 aliphatic rings. The van der Waals surface area contributed by atoms with Crippen LogP contribution in [-0.2, 0) is 9.53 Å². The summed E-state index contributed by atoms with van der Waals surface area (Å²) in [4.78, 5) is 13.9. The van der Waals surface area contributed by atoms with E-state index in [9.17, 15) is 4.79 Å². The van der Waals surface area contributed by atoms with Gasteiger partial charge in [-0.15, -0.1) is 0 Å². The number of hydrogen-bond acceptors (Lipinski definition) is 3. The number of carbonyl (C=O) groups excluding carboxylic acids is 1. The molecule has 3 heteroatoms. The zero-order valence-corrected chi connectivity index (χ0v) is 8.77. The van der Waals surface area contributed by atoms with E-state index in [0.29, 0.717) is 6.61 Å². The number of pyridine rings is 1. The quantitative estimate of drug-likeness (QED) is 0.549. The number of hydrogen-bond donors (Lipinski definition) is 0. The van der Waals surface area contributed by atoms with Crippen LogP contribution < -0.4 is 0 Å². The molecule has 0 radical (unpaired) electrons. The van der Waals surface area contributed by atoms with E-state index in [1.54, 1.807) is 12.4 Å². The fourth-order valence-corrected chi connectivity index (χ4v) is 0.673. The Kier molecular flexibility index (Phi) is 8.75. The van der Waals surface area contributed by atoms with Crippen LogP contribution in [0.15, 0.2) is 30.6 Å². The molecule has 0 unspecified atom stereocenters. The summed E-state index contributed by atoms with van der Waals surface area (Å²) in [5.74, 6) is -0.182. The number of carbonyl (C=O) groups is 1. The molecule has 14 heavy (non-hydrogen) atoms. The maximum atomic E-state index is 10.1. The number of rotatable bonds is 3. The predicted octanol–water partition coefficient (Wildman–Crippen LogP) is 2.43. The van der Waals surface area contributed by atoms with Crippen molar-refractivity contribution in [3.8, 4) is 0 Å². The zero-order valence-electron chi connectivity index (χ0n) is 8.77. The SMILES string of the molecule is CCCCOC(C)=O.c1ccncc1. The van der Waals surface area contributed by atoms with Gasteiger partial charge in [-0.2, -0.15) is 0 Å². The fraction of sp³-hybridized carbons (Fsp3) is 0.455. The van der Waals surface area contributed by atoms with Crippen molar-refractivity contribution < 1.29 is 9.53 Å². The van der Waals surface area contributed by atoms with E-state index >= 15 is 0 Å². The minimum atomic E-state index is -0.182. The Morgan fingerprint density at radius 2 is 1.93 bits per heavy atom. The standard InChI is InChI=1S/C6H12O2.C5H5N/c1-3-4-5-8-6(2)7;1-2-4-6-5-3-1/h3-5H2,1-2H3;1-5H. The molecule has 0 spiro atoms. The first-order chi connectivity index (χ1) is 6.77. The number of unbranched alkanes of at least 4 members (excludes halogenated alkanes) is 1. The van der Waals surface area contributed by atoms with Crippen LogP contribution >= 0.6 is 0 Å². The molecule has 1 aromatic rings. The Hall–Kier alpha value is -1.38. The highest BCUT2D eigenvalue weighted by atomic mass is 16.5. The van der Waals surface area contributed by atoms with Crippen LogP contribution in [0.3, 0.4) is 0 Å². The van der Waals surface area contributed by atoms with Crippen molar-refractivity contribution in [3.05, 3.63) is 30.6 Å². The van der Waals surface area contributed by atoms with Crippen LogP contribution in [0.2, 0.25) is 0 Å². The summed E-state index contributed by atoms with van der Waals surface area (Å²) < 4.78 is 4.64. The molecule has 0 aromatic carbocycles. The molecule has 0 atom stereocenters. The first-order valence-electron chi connectivity index (χ1n) is 4.75. The Labute approximate surface area is 85.1 Å². The number of ether oxygens (including phenoxy) is 1. The molecule has 0 fully saturated rings. The zero-order chi connectivity index (χ0) is 10.6. The summed E-state index contributed by atoms with van der Waals surface area (Å²) in [7, 11) is 0. The third-order valence-corrected chi connectivity index (χ3v) is 1.37. The van der Waals surface area contributed by atoms with Crippen LogP contribution in [0.4, 0.5) is 0 Å². The highest BCUT2D eigenvalue weighted by Gasteiger charge is 1.88. The van der Waals surface area contributed by atoms with Gasteiger partial charge in [-0.25, -0.2) is 0 Å². The molecule has 1 aromatic heterocycles. The minimum absolute atomic E-state index is 0.182. The van der Waals surface area contributed by atoms with E-state index < -0.39 is 0 Å². The van der Waals surface area contributed by atoms with E-state index in [0.717, 1.165) is 12.8 Å². The maximum absolute atomic E-state index is 10.1. The van der Waals surface area contributed by atoms with E-state index in [1.165, 1.54) is 6.92 Å². The lowest BCUT2D eigenvalue weighted by atomic mass is 10.4. The van der Waals surface area contributed by atoms with Gasteiger partial charge in [-0.1, -0.05) is 19.4 Å². The van der Waals surface area contributed by atoms with Gasteiger partial charge in [-0.05, 0) is 18.6 Å². The van der Waals surface area contributed by atoms with Gasteiger partial charge in [0.15, 0.2) is 0 Å². The van der Waals surface area contributed by atoms with Crippen molar-refractivity contribution in [2.24, 2.45) is 0 Å². The largest absolute Gasteiger partial charge is 0.466 e. The van der Waals surface area contributed by atoms with Gasteiger partial charge in [0.1, 0.15) is 0 Å². The lowest BCUT2D eigenvalue weighted by Gasteiger charge is -1.96. The third kappa shape index (κ3) is 10.6. The maximum Gasteiger partial charge on any atom is 0.302 e. The average Bonchev–Trinajstić information content (AvgIpc) is 2.21. The summed E-state index contributed by atoms with van der Waals surface area (Å²) >= 11 is 0. The van der Waals surface area contributed by atoms with Gasteiger partial charge in [0, 0.05) is 19.3 Å². The first-order valence-corrected chi connectivity index (χ1v) is 4.75. The minimum Gasteiger partial charge on any atom is -0.466 e. The Bertz CT molecular complexity index is 197. The molecule has 1 heterocycles. The topological polar surface area (TPSA) is 39.2 Å². The van der Waals surface area contributed by atoms with Crippen molar-refractivity contribution in [2.45, 2.75) is 26.7 Å². The van der Waals surface area contributed by atoms with E-state index in [-0.39, 0.29) is 5.97 Å². The van der Waals surface area contributed by atoms with E-state index in [4.69, 9.17) is 0 Å². The monoisotopic (exact) mass is 195 g/mol. The number of aromatic nitrogens is 1. The van der Waals surface area contributed by atoms with Gasteiger partial charge < -0.3 is 4.74 Å². The van der Waals surface area contributed by atoms with Gasteiger partial charge in [0.2, 0.25) is 0 Å². The van der Waals surface area contributed by atoms with Gasteiger partial charge in [0.25, 0.3) is 0 Å². The Morgan fingerprint density at radius 3 is 2.21 bits per heavy atom. The molecule has 0 amide bonds. The van der Waals surface area contributed by atoms with Crippen molar-refractivity contribution >= 4 is 5.97 Å². The smallest absolute Gasteiger partial charge is 0.302 e. The van der Waals surface area contributed by atoms with Crippen LogP contribution in [0.25, 0.3) is 0 Å². The van der Waals surface area contributed by atoms with Crippen LogP contribution in [0.1, 0.15) is 26.7 Å². The second kappa shape index (κ2) is 9.71. The normalized spacial score (nSPS) is 8.43. The summed E-state index contributed by atoms with van der Waals surface area (Å²) in [6.07, 6.45) is 5.55. The predicted molar refractivity (Wildman–Crippen MR) is 55.8 cm³/mol. The summed E-state index contributed by atoms with van der Waals surface area (Å²) in [5, 5.41) is 0. The second-order valence-electron chi connectivity index (χ2n) is 2.72. The summed E-state index contributed by atoms with van der Waals surface area (Å²) in [5.41, 5.74) is 0. The molecule has 0 saturated carbocycles. The molecule has 0 bridgehead atoms. The van der Waals surface area contributed by atoms with Gasteiger partial charge in [0.05, 0.1) is 6.61 Å². The molecule has 0 saturated heterocycles. The lowest BCUT2D eigenvalue weighted by molar-refractivity contribution is -0.141. The molecule has 0 aliphatic heterocycles. The lowest BCUT2D eigenvalue weighted by Crippen LogP contribution is -1.99. The van der Waals surface area contributed by atoms with Crippen LogP contribution in [0.5, 0.6) is 0 Å². The Morgan fingerprint density at radius 1 is 1.29 bits per heavy atom. The first kappa shape index (κ1) is 12.6. The van der Waals surface area contributed by atoms with E-state index in [1.807, 2.05) is 18.2 Å². The van der Waals surface area contributed by atoms with Crippen molar-refractivity contribution in [2.75, 3.05) is 6.61 Å². The highest BCUT2D eigenvalue weighted by molar-refractivity contribution is 5.65. The molecular weight excluding hydrogens is 178 g/mol. The van der Waals surface area contributed by atoms with Crippen molar-refractivity contribution in [1.29, 1.82) is 0 Å². The molecule has 0 aliphatic carbocycles. The Balaban J connectivity index is 0.000000249. The van der Waals surface area contributed by atoms with Gasteiger partial charge in [-0.3, -0.25) is 9.78 Å². The van der Waals surface area contributed by atoms with Crippen LogP contribution in [0, 0.1) is 0 Å². The third-order valence-electron chi connectivity index (χ3n) is 1.37. The molecule has 3 nitrogen and oxygen atoms in total. The molecule has 0 N–H and O–H groups in total. The molecular formula is C11H17NO2. The van der Waals surface area contributed by atoms with Crippen molar-refractivity contribution in [1.82, 2.24) is 4.98 Å². The summed E-state index contributed by atoms with van der Waals surface area (Å²) in [6, 6.07) is 5.72. The number of esters is 1. The fourth-order valence-electron chi connectivity index (χ4n) is 0.673. The second-order valence-corrected chi connectivity index (χ2v) is 2.72. The van der Waals surface area contributed by atoms with Crippen molar-refractivity contribution in [3.63, 3.8) is 0 Å². The van der Waals surface area contributed by atoms with E-state index in [2.05, 4.69) is 16.6 Å². The average molecular weight is 195 g/mol. The van der Waals surface area contributed by atoms with Gasteiger partial charge >= 0.3 is 5.97 Å².